The van der Waals surface area contributed by atoms with Crippen LogP contribution in [0.3, 0.4) is 0 Å². The number of hydrogen-bond donors (Lipinski definition) is 2. The van der Waals surface area contributed by atoms with E-state index in [4.69, 9.17) is 4.74 Å². The van der Waals surface area contributed by atoms with Gasteiger partial charge in [0, 0.05) is 74.3 Å². The van der Waals surface area contributed by atoms with Crippen LogP contribution in [-0.2, 0) is 18.8 Å². The molecule has 4 heterocycles. The minimum atomic E-state index is -0.0566. The number of hydrogen-bond acceptors (Lipinski definition) is 6. The second-order valence-electron chi connectivity index (χ2n) is 8.83. The molecule has 2 aromatic carbocycles. The molecule has 2 N–H and O–H groups in total. The van der Waals surface area contributed by atoms with Crippen LogP contribution >= 0.6 is 0 Å². The summed E-state index contributed by atoms with van der Waals surface area (Å²) in [5, 5.41) is 12.8. The van der Waals surface area contributed by atoms with Gasteiger partial charge in [-0.05, 0) is 35.2 Å². The number of nitrogens with one attached hydrogen (secondary N) is 2. The highest BCUT2D eigenvalue weighted by atomic mass is 16.5. The maximum atomic E-state index is 6.14. The summed E-state index contributed by atoms with van der Waals surface area (Å²) in [6, 6.07) is 12.8. The van der Waals surface area contributed by atoms with E-state index in [-0.39, 0.29) is 12.1 Å². The van der Waals surface area contributed by atoms with Gasteiger partial charge in [0.15, 0.2) is 0 Å². The fourth-order valence-corrected chi connectivity index (χ4v) is 4.78. The summed E-state index contributed by atoms with van der Waals surface area (Å²) >= 11 is 0. The summed E-state index contributed by atoms with van der Waals surface area (Å²) < 4.78 is 10.1. The van der Waals surface area contributed by atoms with Crippen LogP contribution in [0.25, 0.3) is 33.1 Å². The molecule has 8 heteroatoms. The minimum Gasteiger partial charge on any atom is -0.375 e. The van der Waals surface area contributed by atoms with Gasteiger partial charge in [0.1, 0.15) is 0 Å². The Morgan fingerprint density at radius 2 is 2.03 bits per heavy atom. The fourth-order valence-electron chi connectivity index (χ4n) is 4.78. The van der Waals surface area contributed by atoms with E-state index in [1.54, 1.807) is 12.4 Å². The molecule has 0 saturated carbocycles. The van der Waals surface area contributed by atoms with Crippen LogP contribution in [0.1, 0.15) is 11.6 Å². The molecule has 0 radical (unpaired) electrons. The normalized spacial score (nSPS) is 17.3. The second kappa shape index (κ2) is 8.55. The highest BCUT2D eigenvalue weighted by Gasteiger charge is 2.27. The first kappa shape index (κ1) is 20.8. The van der Waals surface area contributed by atoms with Crippen LogP contribution in [-0.4, -0.2) is 50.1 Å². The van der Waals surface area contributed by atoms with Gasteiger partial charge < -0.3 is 19.9 Å². The van der Waals surface area contributed by atoms with Gasteiger partial charge in [-0.3, -0.25) is 14.6 Å². The average Bonchev–Trinajstić information content (AvgIpc) is 3.47. The van der Waals surface area contributed by atoms with Gasteiger partial charge in [0.25, 0.3) is 0 Å². The predicted octanol–water partition coefficient (Wildman–Crippen LogP) is 3.66. The van der Waals surface area contributed by atoms with Gasteiger partial charge in [0.2, 0.25) is 0 Å². The molecule has 34 heavy (non-hydrogen) atoms. The van der Waals surface area contributed by atoms with Crippen LogP contribution in [0, 0.1) is 0 Å². The smallest absolute Gasteiger partial charge is 0.0966 e. The predicted molar refractivity (Wildman–Crippen MR) is 134 cm³/mol. The van der Waals surface area contributed by atoms with E-state index in [2.05, 4.69) is 79.9 Å². The minimum absolute atomic E-state index is 0.0151. The van der Waals surface area contributed by atoms with Crippen molar-refractivity contribution in [3.63, 3.8) is 0 Å². The van der Waals surface area contributed by atoms with Crippen molar-refractivity contribution in [3.05, 3.63) is 72.9 Å². The quantitative estimate of drug-likeness (QED) is 0.423. The number of ether oxygens (including phenoxy) is 1. The zero-order chi connectivity index (χ0) is 23.1. The third-order valence-corrected chi connectivity index (χ3v) is 6.51. The summed E-state index contributed by atoms with van der Waals surface area (Å²) in [4.78, 5) is 9.30. The summed E-state index contributed by atoms with van der Waals surface area (Å²) in [7, 11) is 4.00. The van der Waals surface area contributed by atoms with Gasteiger partial charge in [-0.2, -0.15) is 5.10 Å². The largest absolute Gasteiger partial charge is 0.375 e. The molecule has 3 aromatic heterocycles. The molecule has 2 atom stereocenters. The zero-order valence-corrected chi connectivity index (χ0v) is 19.3. The number of rotatable bonds is 5. The highest BCUT2D eigenvalue weighted by Crippen LogP contribution is 2.34. The van der Waals surface area contributed by atoms with E-state index < -0.39 is 0 Å². The van der Waals surface area contributed by atoms with Crippen LogP contribution in [0.4, 0.5) is 5.69 Å². The standard InChI is InChI=1S/C26H27N7O/c1-32-9-5-17-3-4-18(11-23(17)32)21-12-20(13-22-26(21)29-7-6-28-22)31-25(19-14-30-33(2)16-19)24-15-27-8-10-34-24/h3-7,9,11-14,16,24-25,27,31H,8,10,15H2,1-2H3. The first-order chi connectivity index (χ1) is 16.7. The van der Waals surface area contributed by atoms with E-state index >= 15 is 0 Å². The monoisotopic (exact) mass is 453 g/mol. The lowest BCUT2D eigenvalue weighted by molar-refractivity contribution is 0.0164. The maximum Gasteiger partial charge on any atom is 0.0966 e. The van der Waals surface area contributed by atoms with E-state index in [1.807, 2.05) is 24.1 Å². The van der Waals surface area contributed by atoms with E-state index in [1.165, 1.54) is 10.9 Å². The molecule has 172 valence electrons. The molecule has 0 spiro atoms. The summed E-state index contributed by atoms with van der Waals surface area (Å²) in [5.74, 6) is 0. The number of aromatic nitrogens is 5. The topological polar surface area (TPSA) is 81.8 Å². The highest BCUT2D eigenvalue weighted by molar-refractivity contribution is 5.97. The number of nitrogens with zero attached hydrogens (tertiary/aromatic N) is 5. The number of fused-ring (bicyclic) bond motifs is 2. The number of morpholine rings is 1. The Morgan fingerprint density at radius 3 is 2.85 bits per heavy atom. The Morgan fingerprint density at radius 1 is 1.12 bits per heavy atom. The number of aryl methyl sites for hydroxylation is 2. The van der Waals surface area contributed by atoms with Crippen molar-refractivity contribution in [1.82, 2.24) is 29.6 Å². The summed E-state index contributed by atoms with van der Waals surface area (Å²) in [6.45, 7) is 2.33. The van der Waals surface area contributed by atoms with Gasteiger partial charge >= 0.3 is 0 Å². The molecule has 1 aliphatic heterocycles. The van der Waals surface area contributed by atoms with Crippen molar-refractivity contribution in [2.24, 2.45) is 14.1 Å². The Kier molecular flexibility index (Phi) is 5.24. The Balaban J connectivity index is 1.45. The number of anilines is 1. The molecule has 0 amide bonds. The van der Waals surface area contributed by atoms with Gasteiger partial charge in [-0.25, -0.2) is 0 Å². The summed E-state index contributed by atoms with van der Waals surface area (Å²) in [5.41, 5.74) is 7.13. The SMILES string of the molecule is Cn1cc(C(Nc2cc(-c3ccc4ccn(C)c4c3)c3nccnc3c2)C2CNCCO2)cn1. The molecule has 0 aliphatic carbocycles. The fraction of sp³-hybridized carbons (Fsp3) is 0.269. The lowest BCUT2D eigenvalue weighted by Crippen LogP contribution is -2.43. The first-order valence-corrected chi connectivity index (χ1v) is 11.5. The Bertz CT molecular complexity index is 1460. The van der Waals surface area contributed by atoms with Crippen LogP contribution in [0.2, 0.25) is 0 Å². The third-order valence-electron chi connectivity index (χ3n) is 6.51. The molecule has 1 saturated heterocycles. The van der Waals surface area contributed by atoms with Crippen LogP contribution < -0.4 is 10.6 Å². The molecule has 5 aromatic rings. The van der Waals surface area contributed by atoms with Gasteiger partial charge in [-0.1, -0.05) is 12.1 Å². The van der Waals surface area contributed by atoms with Crippen molar-refractivity contribution in [2.45, 2.75) is 12.1 Å². The van der Waals surface area contributed by atoms with Crippen LogP contribution in [0.15, 0.2) is 67.4 Å². The van der Waals surface area contributed by atoms with Crippen molar-refractivity contribution >= 4 is 27.6 Å². The molecule has 8 nitrogen and oxygen atoms in total. The van der Waals surface area contributed by atoms with Crippen molar-refractivity contribution in [3.8, 4) is 11.1 Å². The average molecular weight is 454 g/mol. The van der Waals surface area contributed by atoms with Crippen LogP contribution in [0.5, 0.6) is 0 Å². The molecular formula is C26H27N7O. The molecule has 0 bridgehead atoms. The molecule has 6 rings (SSSR count). The number of benzene rings is 2. The summed E-state index contributed by atoms with van der Waals surface area (Å²) in [6.07, 6.45) is 9.50. The van der Waals surface area contributed by atoms with Crippen molar-refractivity contribution < 1.29 is 4.74 Å². The Hall–Kier alpha value is -3.75. The molecule has 2 unspecified atom stereocenters. The third kappa shape index (κ3) is 3.81. The van der Waals surface area contributed by atoms with E-state index in [0.29, 0.717) is 6.61 Å². The zero-order valence-electron chi connectivity index (χ0n) is 19.3. The van der Waals surface area contributed by atoms with Gasteiger partial charge in [0.05, 0.1) is 36.0 Å². The lowest BCUT2D eigenvalue weighted by atomic mass is 9.99. The van der Waals surface area contributed by atoms with E-state index in [9.17, 15) is 0 Å². The molecule has 1 fully saturated rings. The lowest BCUT2D eigenvalue weighted by Gasteiger charge is -2.32. The van der Waals surface area contributed by atoms with Crippen molar-refractivity contribution in [1.29, 1.82) is 0 Å². The molecular weight excluding hydrogens is 426 g/mol. The van der Waals surface area contributed by atoms with Gasteiger partial charge in [-0.15, -0.1) is 0 Å². The Labute approximate surface area is 197 Å². The first-order valence-electron chi connectivity index (χ1n) is 11.5. The second-order valence-corrected chi connectivity index (χ2v) is 8.83. The molecule has 1 aliphatic rings. The van der Waals surface area contributed by atoms with Crippen molar-refractivity contribution in [2.75, 3.05) is 25.0 Å². The van der Waals surface area contributed by atoms with E-state index in [0.717, 1.165) is 46.5 Å². The maximum absolute atomic E-state index is 6.14.